The maximum Gasteiger partial charge on any atom is 0.270 e. The summed E-state index contributed by atoms with van der Waals surface area (Å²) in [6, 6.07) is 9.03. The fourth-order valence-corrected chi connectivity index (χ4v) is 1.69. The number of aromatic nitrogens is 1. The van der Waals surface area contributed by atoms with Crippen molar-refractivity contribution >= 4 is 17.3 Å². The van der Waals surface area contributed by atoms with Crippen molar-refractivity contribution in [3.8, 4) is 11.3 Å². The van der Waals surface area contributed by atoms with Gasteiger partial charge in [0.05, 0.1) is 15.5 Å². The van der Waals surface area contributed by atoms with Crippen LogP contribution in [0.1, 0.15) is 0 Å². The molecule has 2 rings (SSSR count). The first kappa shape index (κ1) is 11.3. The number of nitro benzene ring substituents is 1. The topological polar surface area (TPSA) is 67.2 Å². The lowest BCUT2D eigenvalue weighted by Gasteiger charge is -2.00. The summed E-state index contributed by atoms with van der Waals surface area (Å²) >= 11 is 5.96. The molecular formula is C11H8ClN2O3+. The fourth-order valence-electron chi connectivity index (χ4n) is 1.47. The summed E-state index contributed by atoms with van der Waals surface area (Å²) in [7, 11) is 0. The highest BCUT2D eigenvalue weighted by Gasteiger charge is 2.18. The number of rotatable bonds is 2. The van der Waals surface area contributed by atoms with Crippen LogP contribution in [0.15, 0.2) is 42.6 Å². The molecule has 0 spiro atoms. The number of hydrogen-bond acceptors (Lipinski definition) is 3. The fraction of sp³-hybridized carbons (Fsp3) is 0. The van der Waals surface area contributed by atoms with Gasteiger partial charge in [0.2, 0.25) is 6.20 Å². The van der Waals surface area contributed by atoms with Gasteiger partial charge in [-0.2, -0.15) is 0 Å². The van der Waals surface area contributed by atoms with Crippen molar-refractivity contribution in [1.29, 1.82) is 0 Å². The van der Waals surface area contributed by atoms with Gasteiger partial charge in [0.1, 0.15) is 0 Å². The Morgan fingerprint density at radius 3 is 2.71 bits per heavy atom. The molecule has 2 aromatic rings. The number of nitro groups is 1. The van der Waals surface area contributed by atoms with Gasteiger partial charge in [0.15, 0.2) is 0 Å². The Balaban J connectivity index is 2.63. The molecule has 1 heterocycles. The molecule has 0 atom stereocenters. The number of nitrogens with zero attached hydrogens (tertiary/aromatic N) is 2. The Morgan fingerprint density at radius 2 is 2.06 bits per heavy atom. The van der Waals surface area contributed by atoms with E-state index in [-0.39, 0.29) is 5.69 Å². The highest BCUT2D eigenvalue weighted by molar-refractivity contribution is 6.33. The summed E-state index contributed by atoms with van der Waals surface area (Å²) < 4.78 is 0.866. The summed E-state index contributed by atoms with van der Waals surface area (Å²) in [5, 5.41) is 20.6. The molecule has 0 aliphatic heterocycles. The summed E-state index contributed by atoms with van der Waals surface area (Å²) in [6.07, 6.45) is 1.42. The average molecular weight is 252 g/mol. The van der Waals surface area contributed by atoms with Crippen molar-refractivity contribution in [3.63, 3.8) is 0 Å². The van der Waals surface area contributed by atoms with Crippen molar-refractivity contribution in [2.45, 2.75) is 0 Å². The monoisotopic (exact) mass is 251 g/mol. The van der Waals surface area contributed by atoms with Gasteiger partial charge in [-0.1, -0.05) is 11.6 Å². The quantitative estimate of drug-likeness (QED) is 0.386. The molecule has 0 amide bonds. The first-order valence-electron chi connectivity index (χ1n) is 4.74. The minimum absolute atomic E-state index is 0.0757. The first-order chi connectivity index (χ1) is 8.09. The second-order valence-electron chi connectivity index (χ2n) is 3.35. The van der Waals surface area contributed by atoms with Crippen LogP contribution < -0.4 is 4.73 Å². The number of pyridine rings is 1. The first-order valence-corrected chi connectivity index (χ1v) is 5.11. The van der Waals surface area contributed by atoms with Gasteiger partial charge in [0, 0.05) is 29.0 Å². The third kappa shape index (κ3) is 2.19. The van der Waals surface area contributed by atoms with Crippen LogP contribution in [0.3, 0.4) is 0 Å². The van der Waals surface area contributed by atoms with Crippen LogP contribution in [-0.2, 0) is 0 Å². The van der Waals surface area contributed by atoms with E-state index in [0.717, 1.165) is 4.73 Å². The van der Waals surface area contributed by atoms with E-state index in [2.05, 4.69) is 0 Å². The molecule has 86 valence electrons. The lowest BCUT2D eigenvalue weighted by atomic mass is 10.1. The Morgan fingerprint density at radius 1 is 1.29 bits per heavy atom. The van der Waals surface area contributed by atoms with Crippen LogP contribution in [0.4, 0.5) is 5.69 Å². The molecule has 0 aliphatic carbocycles. The highest BCUT2D eigenvalue weighted by Crippen LogP contribution is 2.29. The number of hydrogen-bond donors (Lipinski definition) is 1. The molecule has 17 heavy (non-hydrogen) atoms. The number of benzene rings is 1. The van der Waals surface area contributed by atoms with Crippen LogP contribution in [0.5, 0.6) is 0 Å². The zero-order chi connectivity index (χ0) is 12.4. The van der Waals surface area contributed by atoms with Gasteiger partial charge in [-0.3, -0.25) is 15.3 Å². The maximum absolute atomic E-state index is 10.7. The van der Waals surface area contributed by atoms with Gasteiger partial charge >= 0.3 is 0 Å². The summed E-state index contributed by atoms with van der Waals surface area (Å²) in [5.74, 6) is 0. The van der Waals surface area contributed by atoms with E-state index in [1.807, 2.05) is 0 Å². The van der Waals surface area contributed by atoms with E-state index in [9.17, 15) is 15.3 Å². The predicted molar refractivity (Wildman–Crippen MR) is 60.9 cm³/mol. The Labute approximate surface area is 102 Å². The summed E-state index contributed by atoms with van der Waals surface area (Å²) in [6.45, 7) is 0. The Bertz CT molecular complexity index is 587. The van der Waals surface area contributed by atoms with Crippen LogP contribution in [0.2, 0.25) is 5.02 Å². The molecule has 5 nitrogen and oxygen atoms in total. The standard InChI is InChI=1S/C11H8ClN2O3/c12-10-5-4-8(14(16)17)7-9(10)11-3-1-2-6-13(11)15/h1-7,15H/q+1. The van der Waals surface area contributed by atoms with Crippen molar-refractivity contribution in [1.82, 2.24) is 0 Å². The zero-order valence-electron chi connectivity index (χ0n) is 8.58. The van der Waals surface area contributed by atoms with Crippen molar-refractivity contribution in [2.24, 2.45) is 0 Å². The molecule has 0 bridgehead atoms. The molecule has 0 fully saturated rings. The SMILES string of the molecule is O=[N+]([O-])c1ccc(Cl)c(-c2cccc[n+]2O)c1. The number of non-ortho nitro benzene ring substituents is 1. The zero-order valence-corrected chi connectivity index (χ0v) is 9.33. The van der Waals surface area contributed by atoms with E-state index in [4.69, 9.17) is 11.6 Å². The van der Waals surface area contributed by atoms with Crippen molar-refractivity contribution < 1.29 is 14.9 Å². The van der Waals surface area contributed by atoms with Crippen LogP contribution in [0, 0.1) is 10.1 Å². The van der Waals surface area contributed by atoms with Gasteiger partial charge in [0.25, 0.3) is 11.4 Å². The molecule has 1 aromatic heterocycles. The van der Waals surface area contributed by atoms with Gasteiger partial charge in [-0.15, -0.1) is 0 Å². The van der Waals surface area contributed by atoms with Crippen LogP contribution in [-0.4, -0.2) is 10.1 Å². The minimum atomic E-state index is -0.509. The van der Waals surface area contributed by atoms with Crippen LogP contribution >= 0.6 is 11.6 Å². The molecule has 1 N–H and O–H groups in total. The van der Waals surface area contributed by atoms with E-state index in [0.29, 0.717) is 16.3 Å². The molecule has 0 unspecified atom stereocenters. The Hall–Kier alpha value is -2.14. The average Bonchev–Trinajstić information content (AvgIpc) is 2.30. The van der Waals surface area contributed by atoms with Gasteiger partial charge in [-0.05, 0) is 12.1 Å². The normalized spacial score (nSPS) is 10.2. The third-order valence-electron chi connectivity index (χ3n) is 2.28. The van der Waals surface area contributed by atoms with Crippen molar-refractivity contribution in [3.05, 3.63) is 57.7 Å². The van der Waals surface area contributed by atoms with Crippen LogP contribution in [0.25, 0.3) is 11.3 Å². The van der Waals surface area contributed by atoms with E-state index >= 15 is 0 Å². The van der Waals surface area contributed by atoms with Crippen molar-refractivity contribution in [2.75, 3.05) is 0 Å². The molecule has 6 heteroatoms. The second-order valence-corrected chi connectivity index (χ2v) is 3.76. The molecule has 0 aliphatic rings. The lowest BCUT2D eigenvalue weighted by Crippen LogP contribution is -2.31. The maximum atomic E-state index is 10.7. The predicted octanol–water partition coefficient (Wildman–Crippen LogP) is 2.44. The van der Waals surface area contributed by atoms with E-state index in [1.54, 1.807) is 18.2 Å². The molecule has 1 aromatic carbocycles. The third-order valence-corrected chi connectivity index (χ3v) is 2.61. The minimum Gasteiger partial charge on any atom is -0.285 e. The summed E-state index contributed by atoms with van der Waals surface area (Å²) in [4.78, 5) is 10.2. The van der Waals surface area contributed by atoms with E-state index < -0.39 is 4.92 Å². The molecule has 0 saturated carbocycles. The largest absolute Gasteiger partial charge is 0.285 e. The van der Waals surface area contributed by atoms with Gasteiger partial charge in [-0.25, -0.2) is 0 Å². The van der Waals surface area contributed by atoms with E-state index in [1.165, 1.54) is 24.4 Å². The molecular weight excluding hydrogens is 244 g/mol. The lowest BCUT2D eigenvalue weighted by molar-refractivity contribution is -0.896. The summed E-state index contributed by atoms with van der Waals surface area (Å²) in [5.41, 5.74) is 0.721. The highest BCUT2D eigenvalue weighted by atomic mass is 35.5. The smallest absolute Gasteiger partial charge is 0.270 e. The van der Waals surface area contributed by atoms with Gasteiger partial charge < -0.3 is 0 Å². The molecule has 0 radical (unpaired) electrons. The number of halogens is 1. The molecule has 0 saturated heterocycles. The second kappa shape index (κ2) is 4.39. The Kier molecular flexibility index (Phi) is 2.93.